The summed E-state index contributed by atoms with van der Waals surface area (Å²) in [6.45, 7) is 3.78. The summed E-state index contributed by atoms with van der Waals surface area (Å²) in [5.74, 6) is -0.381. The topological polar surface area (TPSA) is 66.5 Å². The fraction of sp³-hybridized carbons (Fsp3) is 0.278. The summed E-state index contributed by atoms with van der Waals surface area (Å²) in [5, 5.41) is 3.18. The van der Waals surface area contributed by atoms with Crippen molar-refractivity contribution < 1.29 is 13.2 Å². The maximum absolute atomic E-state index is 12.3. The van der Waals surface area contributed by atoms with E-state index < -0.39 is 10.0 Å². The second kappa shape index (κ2) is 7.89. The third kappa shape index (κ3) is 5.21. The Balaban J connectivity index is 2.16. The molecular formula is C18H21ClN2O3S. The fourth-order valence-corrected chi connectivity index (χ4v) is 3.49. The number of hydrogen-bond donors (Lipinski definition) is 1. The van der Waals surface area contributed by atoms with Crippen LogP contribution < -0.4 is 9.62 Å². The molecule has 0 bridgehead atoms. The molecule has 0 unspecified atom stereocenters. The summed E-state index contributed by atoms with van der Waals surface area (Å²) >= 11 is 5.98. The van der Waals surface area contributed by atoms with Crippen LogP contribution in [0.5, 0.6) is 0 Å². The highest BCUT2D eigenvalue weighted by Gasteiger charge is 2.22. The zero-order valence-corrected chi connectivity index (χ0v) is 16.0. The van der Waals surface area contributed by atoms with Gasteiger partial charge in [-0.3, -0.25) is 9.10 Å². The van der Waals surface area contributed by atoms with Crippen molar-refractivity contribution in [2.45, 2.75) is 20.4 Å². The third-order valence-electron chi connectivity index (χ3n) is 3.86. The van der Waals surface area contributed by atoms with Crippen LogP contribution in [0.3, 0.4) is 0 Å². The largest absolute Gasteiger partial charge is 0.350 e. The van der Waals surface area contributed by atoms with Gasteiger partial charge in [0, 0.05) is 11.6 Å². The molecule has 7 heteroatoms. The van der Waals surface area contributed by atoms with E-state index in [9.17, 15) is 13.2 Å². The van der Waals surface area contributed by atoms with Crippen LogP contribution >= 0.6 is 11.6 Å². The molecule has 0 aliphatic rings. The summed E-state index contributed by atoms with van der Waals surface area (Å²) in [5.41, 5.74) is 3.18. The molecule has 0 aliphatic carbocycles. The van der Waals surface area contributed by atoms with Crippen molar-refractivity contribution in [1.29, 1.82) is 0 Å². The zero-order chi connectivity index (χ0) is 18.6. The molecule has 0 aromatic heterocycles. The lowest BCUT2D eigenvalue weighted by Crippen LogP contribution is -2.40. The number of anilines is 1. The molecule has 0 fully saturated rings. The monoisotopic (exact) mass is 380 g/mol. The number of aryl methyl sites for hydroxylation is 2. The maximum atomic E-state index is 12.3. The summed E-state index contributed by atoms with van der Waals surface area (Å²) in [6.07, 6.45) is 1.07. The SMILES string of the molecule is Cc1ccccc1CNC(=O)CN(c1cc(Cl)ccc1C)S(C)(=O)=O. The minimum atomic E-state index is -3.63. The van der Waals surface area contributed by atoms with Crippen LogP contribution in [-0.4, -0.2) is 27.1 Å². The molecular weight excluding hydrogens is 360 g/mol. The predicted octanol–water partition coefficient (Wildman–Crippen LogP) is 3.04. The second-order valence-corrected chi connectivity index (χ2v) is 8.25. The van der Waals surface area contributed by atoms with Gasteiger partial charge in [0.1, 0.15) is 6.54 Å². The standard InChI is InChI=1S/C18H21ClN2O3S/c1-13-6-4-5-7-15(13)11-20-18(22)12-21(25(3,23)24)17-10-16(19)9-8-14(17)2/h4-10H,11-12H2,1-3H3,(H,20,22). The van der Waals surface area contributed by atoms with E-state index in [0.717, 1.165) is 27.3 Å². The number of rotatable bonds is 6. The summed E-state index contributed by atoms with van der Waals surface area (Å²) in [4.78, 5) is 12.3. The molecule has 2 rings (SSSR count). The summed E-state index contributed by atoms with van der Waals surface area (Å²) in [7, 11) is -3.63. The van der Waals surface area contributed by atoms with Crippen LogP contribution in [0.4, 0.5) is 5.69 Å². The van der Waals surface area contributed by atoms with Gasteiger partial charge in [-0.2, -0.15) is 0 Å². The number of benzene rings is 2. The van der Waals surface area contributed by atoms with Crippen molar-refractivity contribution in [3.63, 3.8) is 0 Å². The molecule has 0 atom stereocenters. The van der Waals surface area contributed by atoms with E-state index in [0.29, 0.717) is 17.3 Å². The van der Waals surface area contributed by atoms with E-state index in [-0.39, 0.29) is 12.5 Å². The highest BCUT2D eigenvalue weighted by molar-refractivity contribution is 7.92. The van der Waals surface area contributed by atoms with Gasteiger partial charge in [0.05, 0.1) is 11.9 Å². The number of nitrogens with zero attached hydrogens (tertiary/aromatic N) is 1. The van der Waals surface area contributed by atoms with E-state index in [1.807, 2.05) is 31.2 Å². The molecule has 5 nitrogen and oxygen atoms in total. The minimum Gasteiger partial charge on any atom is -0.350 e. The van der Waals surface area contributed by atoms with Crippen molar-refractivity contribution in [1.82, 2.24) is 5.32 Å². The molecule has 0 heterocycles. The summed E-state index contributed by atoms with van der Waals surface area (Å²) < 4.78 is 25.4. The predicted molar refractivity (Wildman–Crippen MR) is 101 cm³/mol. The second-order valence-electron chi connectivity index (χ2n) is 5.90. The molecule has 25 heavy (non-hydrogen) atoms. The van der Waals surface area contributed by atoms with Gasteiger partial charge >= 0.3 is 0 Å². The van der Waals surface area contributed by atoms with E-state index in [1.54, 1.807) is 25.1 Å². The van der Waals surface area contributed by atoms with Crippen molar-refractivity contribution in [3.8, 4) is 0 Å². The number of carbonyl (C=O) groups excluding carboxylic acids is 1. The first-order valence-electron chi connectivity index (χ1n) is 7.73. The van der Waals surface area contributed by atoms with Crippen LogP contribution in [0, 0.1) is 13.8 Å². The van der Waals surface area contributed by atoms with Crippen LogP contribution in [-0.2, 0) is 21.4 Å². The first-order valence-corrected chi connectivity index (χ1v) is 9.96. The Morgan fingerprint density at radius 1 is 1.12 bits per heavy atom. The zero-order valence-electron chi connectivity index (χ0n) is 14.4. The fourth-order valence-electron chi connectivity index (χ4n) is 2.42. The Hall–Kier alpha value is -2.05. The molecule has 0 spiro atoms. The number of halogens is 1. The quantitative estimate of drug-likeness (QED) is 0.837. The Bertz CT molecular complexity index is 882. The van der Waals surface area contributed by atoms with Gasteiger partial charge in [-0.05, 0) is 42.7 Å². The highest BCUT2D eigenvalue weighted by Crippen LogP contribution is 2.26. The van der Waals surface area contributed by atoms with Gasteiger partial charge in [-0.1, -0.05) is 41.9 Å². The van der Waals surface area contributed by atoms with Crippen LogP contribution in [0.25, 0.3) is 0 Å². The molecule has 1 N–H and O–H groups in total. The Labute approximate surface area is 153 Å². The van der Waals surface area contributed by atoms with Crippen molar-refractivity contribution >= 4 is 33.2 Å². The minimum absolute atomic E-state index is 0.300. The lowest BCUT2D eigenvalue weighted by Gasteiger charge is -2.24. The number of nitrogens with one attached hydrogen (secondary N) is 1. The van der Waals surface area contributed by atoms with Gasteiger partial charge < -0.3 is 5.32 Å². The smallest absolute Gasteiger partial charge is 0.241 e. The Morgan fingerprint density at radius 3 is 2.44 bits per heavy atom. The molecule has 134 valence electrons. The van der Waals surface area contributed by atoms with Crippen LogP contribution in [0.2, 0.25) is 5.02 Å². The number of hydrogen-bond acceptors (Lipinski definition) is 3. The molecule has 0 radical (unpaired) electrons. The first-order chi connectivity index (χ1) is 11.7. The average Bonchev–Trinajstić information content (AvgIpc) is 2.53. The lowest BCUT2D eigenvalue weighted by atomic mass is 10.1. The van der Waals surface area contributed by atoms with Crippen molar-refractivity contribution in [2.75, 3.05) is 17.1 Å². The molecule has 0 saturated carbocycles. The van der Waals surface area contributed by atoms with E-state index in [1.165, 1.54) is 0 Å². The Kier molecular flexibility index (Phi) is 6.08. The van der Waals surface area contributed by atoms with Crippen LogP contribution in [0.15, 0.2) is 42.5 Å². The van der Waals surface area contributed by atoms with Gasteiger partial charge in [0.2, 0.25) is 15.9 Å². The number of carbonyl (C=O) groups is 1. The molecule has 2 aromatic rings. The van der Waals surface area contributed by atoms with E-state index >= 15 is 0 Å². The van der Waals surface area contributed by atoms with Crippen molar-refractivity contribution in [2.24, 2.45) is 0 Å². The third-order valence-corrected chi connectivity index (χ3v) is 5.23. The lowest BCUT2D eigenvalue weighted by molar-refractivity contribution is -0.119. The average molecular weight is 381 g/mol. The van der Waals surface area contributed by atoms with E-state index in [4.69, 9.17) is 11.6 Å². The molecule has 0 saturated heterocycles. The van der Waals surface area contributed by atoms with Gasteiger partial charge in [-0.25, -0.2) is 8.42 Å². The number of sulfonamides is 1. The number of amides is 1. The highest BCUT2D eigenvalue weighted by atomic mass is 35.5. The normalized spacial score (nSPS) is 11.2. The maximum Gasteiger partial charge on any atom is 0.241 e. The van der Waals surface area contributed by atoms with Gasteiger partial charge in [-0.15, -0.1) is 0 Å². The Morgan fingerprint density at radius 2 is 1.80 bits per heavy atom. The van der Waals surface area contributed by atoms with Crippen molar-refractivity contribution in [3.05, 3.63) is 64.2 Å². The molecule has 0 aliphatic heterocycles. The van der Waals surface area contributed by atoms with E-state index in [2.05, 4.69) is 5.32 Å². The van der Waals surface area contributed by atoms with Crippen LogP contribution in [0.1, 0.15) is 16.7 Å². The van der Waals surface area contributed by atoms with Gasteiger partial charge in [0.15, 0.2) is 0 Å². The molecule has 2 aromatic carbocycles. The molecule has 1 amide bonds. The van der Waals surface area contributed by atoms with Gasteiger partial charge in [0.25, 0.3) is 0 Å². The summed E-state index contributed by atoms with van der Waals surface area (Å²) in [6, 6.07) is 12.7. The first kappa shape index (κ1) is 19.3.